The highest BCUT2D eigenvalue weighted by molar-refractivity contribution is 7.11. The lowest BCUT2D eigenvalue weighted by atomic mass is 10.2. The van der Waals surface area contributed by atoms with Gasteiger partial charge in [-0.3, -0.25) is 0 Å². The van der Waals surface area contributed by atoms with Gasteiger partial charge in [0.1, 0.15) is 5.01 Å². The molecular formula is C19H27N5S. The number of hydrogen-bond acceptors (Lipinski definition) is 4. The lowest BCUT2D eigenvalue weighted by Gasteiger charge is -2.20. The summed E-state index contributed by atoms with van der Waals surface area (Å²) >= 11 is 1.71. The van der Waals surface area contributed by atoms with Gasteiger partial charge in [-0.1, -0.05) is 17.7 Å². The van der Waals surface area contributed by atoms with Gasteiger partial charge in [0.05, 0.1) is 6.54 Å². The van der Waals surface area contributed by atoms with Gasteiger partial charge in [0.25, 0.3) is 0 Å². The summed E-state index contributed by atoms with van der Waals surface area (Å²) in [6.45, 7) is 9.86. The zero-order chi connectivity index (χ0) is 17.6. The van der Waals surface area contributed by atoms with Crippen molar-refractivity contribution in [1.29, 1.82) is 0 Å². The molecule has 134 valence electrons. The topological polar surface area (TPSA) is 52.6 Å². The van der Waals surface area contributed by atoms with Gasteiger partial charge >= 0.3 is 0 Å². The van der Waals surface area contributed by atoms with Crippen LogP contribution in [0, 0.1) is 13.8 Å². The first-order valence-electron chi connectivity index (χ1n) is 8.92. The minimum absolute atomic E-state index is 0.414. The Balaban J connectivity index is 1.58. The molecule has 0 aliphatic carbocycles. The second kappa shape index (κ2) is 8.34. The van der Waals surface area contributed by atoms with Crippen LogP contribution in [-0.2, 0) is 6.54 Å². The number of aryl methyl sites for hydroxylation is 2. The van der Waals surface area contributed by atoms with E-state index >= 15 is 0 Å². The van der Waals surface area contributed by atoms with E-state index in [1.54, 1.807) is 11.3 Å². The summed E-state index contributed by atoms with van der Waals surface area (Å²) in [5.41, 5.74) is 2.60. The van der Waals surface area contributed by atoms with Crippen LogP contribution in [0.25, 0.3) is 0 Å². The van der Waals surface area contributed by atoms with Crippen LogP contribution in [-0.4, -0.2) is 36.6 Å². The van der Waals surface area contributed by atoms with E-state index in [9.17, 15) is 0 Å². The van der Waals surface area contributed by atoms with Crippen molar-refractivity contribution in [2.24, 2.45) is 4.99 Å². The van der Waals surface area contributed by atoms with Gasteiger partial charge in [-0.15, -0.1) is 11.3 Å². The number of thiazole rings is 1. The molecule has 2 aromatic rings. The van der Waals surface area contributed by atoms with Gasteiger partial charge in [0.2, 0.25) is 0 Å². The Kier molecular flexibility index (Phi) is 5.91. The normalized spacial score (nSPS) is 17.8. The molecule has 5 nitrogen and oxygen atoms in total. The van der Waals surface area contributed by atoms with Crippen molar-refractivity contribution in [3.63, 3.8) is 0 Å². The second-order valence-corrected chi connectivity index (χ2v) is 7.79. The third kappa shape index (κ3) is 4.95. The highest BCUT2D eigenvalue weighted by atomic mass is 32.1. The van der Waals surface area contributed by atoms with E-state index < -0.39 is 0 Å². The van der Waals surface area contributed by atoms with Gasteiger partial charge in [0.15, 0.2) is 5.96 Å². The zero-order valence-corrected chi connectivity index (χ0v) is 16.1. The van der Waals surface area contributed by atoms with E-state index in [2.05, 4.69) is 65.6 Å². The summed E-state index contributed by atoms with van der Waals surface area (Å²) in [7, 11) is 0. The monoisotopic (exact) mass is 357 g/mol. The molecule has 1 saturated heterocycles. The van der Waals surface area contributed by atoms with E-state index in [0.29, 0.717) is 12.6 Å². The number of guanidine groups is 1. The molecule has 1 atom stereocenters. The fraction of sp³-hybridized carbons (Fsp3) is 0.474. The Morgan fingerprint density at radius 2 is 2.12 bits per heavy atom. The lowest BCUT2D eigenvalue weighted by molar-refractivity contribution is 0.649. The lowest BCUT2D eigenvalue weighted by Crippen LogP contribution is -2.44. The van der Waals surface area contributed by atoms with E-state index in [1.807, 2.05) is 6.20 Å². The maximum atomic E-state index is 4.69. The standard InChI is InChI=1S/C19H27N5S/c1-4-20-19(22-12-18-21-11-15(3)25-18)23-16-9-10-24(13-16)17-7-5-14(2)6-8-17/h5-8,11,16H,4,9-10,12-13H2,1-3H3,(H2,20,22,23). The van der Waals surface area contributed by atoms with E-state index in [-0.39, 0.29) is 0 Å². The van der Waals surface area contributed by atoms with Crippen molar-refractivity contribution in [2.75, 3.05) is 24.5 Å². The first-order chi connectivity index (χ1) is 12.1. The van der Waals surface area contributed by atoms with Crippen LogP contribution in [0.3, 0.4) is 0 Å². The summed E-state index contributed by atoms with van der Waals surface area (Å²) in [5.74, 6) is 0.881. The number of nitrogens with one attached hydrogen (secondary N) is 2. The van der Waals surface area contributed by atoms with Gasteiger partial charge in [-0.25, -0.2) is 9.98 Å². The Morgan fingerprint density at radius 3 is 2.80 bits per heavy atom. The average molecular weight is 358 g/mol. The molecule has 0 spiro atoms. The van der Waals surface area contributed by atoms with Crippen LogP contribution in [0.2, 0.25) is 0 Å². The fourth-order valence-electron chi connectivity index (χ4n) is 3.00. The molecule has 1 fully saturated rings. The molecular weight excluding hydrogens is 330 g/mol. The van der Waals surface area contributed by atoms with Crippen molar-refractivity contribution in [3.8, 4) is 0 Å². The Hall–Kier alpha value is -2.08. The van der Waals surface area contributed by atoms with Crippen molar-refractivity contribution in [1.82, 2.24) is 15.6 Å². The van der Waals surface area contributed by atoms with Gasteiger partial charge in [-0.2, -0.15) is 0 Å². The van der Waals surface area contributed by atoms with Gasteiger partial charge in [0, 0.05) is 42.4 Å². The molecule has 2 heterocycles. The van der Waals surface area contributed by atoms with Crippen molar-refractivity contribution in [3.05, 3.63) is 45.9 Å². The number of aromatic nitrogens is 1. The molecule has 1 aromatic carbocycles. The number of aliphatic imine (C=N–C) groups is 1. The quantitative estimate of drug-likeness (QED) is 0.638. The third-order valence-electron chi connectivity index (χ3n) is 4.31. The van der Waals surface area contributed by atoms with Crippen LogP contribution in [0.1, 0.15) is 28.8 Å². The zero-order valence-electron chi connectivity index (χ0n) is 15.2. The van der Waals surface area contributed by atoms with Crippen molar-refractivity contribution < 1.29 is 0 Å². The van der Waals surface area contributed by atoms with Crippen LogP contribution in [0.5, 0.6) is 0 Å². The molecule has 25 heavy (non-hydrogen) atoms. The first kappa shape index (κ1) is 17.7. The average Bonchev–Trinajstić information content (AvgIpc) is 3.23. The largest absolute Gasteiger partial charge is 0.369 e. The van der Waals surface area contributed by atoms with Crippen molar-refractivity contribution >= 4 is 23.0 Å². The van der Waals surface area contributed by atoms with Gasteiger partial charge < -0.3 is 15.5 Å². The molecule has 1 aliphatic heterocycles. The highest BCUT2D eigenvalue weighted by Gasteiger charge is 2.23. The summed E-state index contributed by atoms with van der Waals surface area (Å²) in [6.07, 6.45) is 3.03. The maximum absolute atomic E-state index is 4.69. The van der Waals surface area contributed by atoms with Crippen LogP contribution in [0.4, 0.5) is 5.69 Å². The number of anilines is 1. The molecule has 1 aliphatic rings. The Labute approximate surface area is 154 Å². The SMILES string of the molecule is CCNC(=NCc1ncc(C)s1)NC1CCN(c2ccc(C)cc2)C1. The Bertz CT molecular complexity index is 707. The number of rotatable bonds is 5. The molecule has 0 bridgehead atoms. The molecule has 0 radical (unpaired) electrons. The number of benzene rings is 1. The molecule has 1 aromatic heterocycles. The number of hydrogen-bond donors (Lipinski definition) is 2. The van der Waals surface area contributed by atoms with Crippen LogP contribution in [0.15, 0.2) is 35.5 Å². The summed E-state index contributed by atoms with van der Waals surface area (Å²) in [4.78, 5) is 12.7. The predicted octanol–water partition coefficient (Wildman–Crippen LogP) is 3.09. The second-order valence-electron chi connectivity index (χ2n) is 6.47. The summed E-state index contributed by atoms with van der Waals surface area (Å²) in [5, 5.41) is 7.98. The molecule has 2 N–H and O–H groups in total. The molecule has 0 saturated carbocycles. The minimum atomic E-state index is 0.414. The first-order valence-corrected chi connectivity index (χ1v) is 9.73. The summed E-state index contributed by atoms with van der Waals surface area (Å²) in [6, 6.07) is 9.19. The van der Waals surface area contributed by atoms with Crippen LogP contribution < -0.4 is 15.5 Å². The van der Waals surface area contributed by atoms with E-state index in [1.165, 1.54) is 16.1 Å². The molecule has 1 unspecified atom stereocenters. The molecule has 3 rings (SSSR count). The van der Waals surface area contributed by atoms with Gasteiger partial charge in [-0.05, 0) is 39.3 Å². The maximum Gasteiger partial charge on any atom is 0.191 e. The van der Waals surface area contributed by atoms with Crippen molar-refractivity contribution in [2.45, 2.75) is 39.8 Å². The third-order valence-corrected chi connectivity index (χ3v) is 5.21. The molecule has 6 heteroatoms. The predicted molar refractivity (Wildman–Crippen MR) is 107 cm³/mol. The van der Waals surface area contributed by atoms with E-state index in [0.717, 1.165) is 37.0 Å². The van der Waals surface area contributed by atoms with E-state index in [4.69, 9.17) is 4.99 Å². The molecule has 0 amide bonds. The van der Waals surface area contributed by atoms with Crippen LogP contribution >= 0.6 is 11.3 Å². The smallest absolute Gasteiger partial charge is 0.191 e. The number of nitrogens with zero attached hydrogens (tertiary/aromatic N) is 3. The highest BCUT2D eigenvalue weighted by Crippen LogP contribution is 2.20. The Morgan fingerprint density at radius 1 is 1.32 bits per heavy atom. The minimum Gasteiger partial charge on any atom is -0.369 e. The fourth-order valence-corrected chi connectivity index (χ4v) is 3.71. The summed E-state index contributed by atoms with van der Waals surface area (Å²) < 4.78 is 0.